The third kappa shape index (κ3) is 5.06. The van der Waals surface area contributed by atoms with Gasteiger partial charge < -0.3 is 10.6 Å². The van der Waals surface area contributed by atoms with E-state index in [-0.39, 0.29) is 11.4 Å². The Bertz CT molecular complexity index is 1070. The van der Waals surface area contributed by atoms with E-state index in [0.717, 1.165) is 23.3 Å². The zero-order chi connectivity index (χ0) is 21.2. The number of amides is 1. The summed E-state index contributed by atoms with van der Waals surface area (Å²) in [5.41, 5.74) is 1.51. The summed E-state index contributed by atoms with van der Waals surface area (Å²) >= 11 is 5.99. The summed E-state index contributed by atoms with van der Waals surface area (Å²) in [5, 5.41) is 5.90. The van der Waals surface area contributed by atoms with Crippen molar-refractivity contribution in [2.24, 2.45) is 0 Å². The van der Waals surface area contributed by atoms with Crippen LogP contribution in [-0.2, 0) is 6.18 Å². The maximum absolute atomic E-state index is 13.2. The summed E-state index contributed by atoms with van der Waals surface area (Å²) in [6.07, 6.45) is -4.65. The van der Waals surface area contributed by atoms with Crippen LogP contribution in [0.1, 0.15) is 27.2 Å². The van der Waals surface area contributed by atoms with Crippen LogP contribution in [0.3, 0.4) is 0 Å². The van der Waals surface area contributed by atoms with E-state index in [1.165, 1.54) is 0 Å². The van der Waals surface area contributed by atoms with Crippen molar-refractivity contribution in [2.45, 2.75) is 20.0 Å². The first kappa shape index (κ1) is 20.7. The number of nitrogens with one attached hydrogen (secondary N) is 2. The van der Waals surface area contributed by atoms with Crippen molar-refractivity contribution in [1.29, 1.82) is 0 Å². The molecule has 3 rings (SSSR count). The lowest BCUT2D eigenvalue weighted by Gasteiger charge is -2.16. The van der Waals surface area contributed by atoms with E-state index in [0.29, 0.717) is 16.4 Å². The number of alkyl halides is 3. The van der Waals surface area contributed by atoms with Crippen LogP contribution >= 0.6 is 11.6 Å². The summed E-state index contributed by atoms with van der Waals surface area (Å²) in [7, 11) is 0. The molecule has 0 aliphatic carbocycles. The SMILES string of the molecule is Cc1cccc(NC(=O)c2ccc(C(F)(F)F)nc2Nc2cc(Cl)ccc2C)c1. The Morgan fingerprint density at radius 3 is 2.48 bits per heavy atom. The molecular weight excluding hydrogens is 403 g/mol. The zero-order valence-corrected chi connectivity index (χ0v) is 16.3. The van der Waals surface area contributed by atoms with Crippen LogP contribution in [0.2, 0.25) is 5.02 Å². The molecule has 0 radical (unpaired) electrons. The third-order valence-electron chi connectivity index (χ3n) is 4.16. The van der Waals surface area contributed by atoms with Gasteiger partial charge >= 0.3 is 6.18 Å². The predicted molar refractivity (Wildman–Crippen MR) is 108 cm³/mol. The van der Waals surface area contributed by atoms with E-state index in [1.807, 2.05) is 13.0 Å². The number of rotatable bonds is 4. The molecule has 0 saturated heterocycles. The maximum atomic E-state index is 13.2. The molecule has 0 bridgehead atoms. The molecule has 29 heavy (non-hydrogen) atoms. The van der Waals surface area contributed by atoms with Crippen molar-refractivity contribution in [1.82, 2.24) is 4.98 Å². The van der Waals surface area contributed by atoms with Crippen LogP contribution in [0.5, 0.6) is 0 Å². The monoisotopic (exact) mass is 419 g/mol. The molecule has 0 fully saturated rings. The number of nitrogens with zero attached hydrogens (tertiary/aromatic N) is 1. The van der Waals surface area contributed by atoms with Gasteiger partial charge in [-0.05, 0) is 61.4 Å². The predicted octanol–water partition coefficient (Wildman–Crippen LogP) is 6.37. The van der Waals surface area contributed by atoms with Crippen LogP contribution in [-0.4, -0.2) is 10.9 Å². The molecule has 0 aliphatic rings. The van der Waals surface area contributed by atoms with Crippen LogP contribution < -0.4 is 10.6 Å². The lowest BCUT2D eigenvalue weighted by molar-refractivity contribution is -0.141. The Kier molecular flexibility index (Phi) is 5.79. The number of anilines is 3. The Balaban J connectivity index is 2.01. The van der Waals surface area contributed by atoms with E-state index >= 15 is 0 Å². The Morgan fingerprint density at radius 2 is 1.79 bits per heavy atom. The molecule has 0 saturated carbocycles. The van der Waals surface area contributed by atoms with Crippen LogP contribution in [0, 0.1) is 13.8 Å². The maximum Gasteiger partial charge on any atom is 0.433 e. The highest BCUT2D eigenvalue weighted by Gasteiger charge is 2.33. The minimum absolute atomic E-state index is 0.0288. The number of halogens is 4. The molecule has 1 amide bonds. The number of pyridine rings is 1. The highest BCUT2D eigenvalue weighted by atomic mass is 35.5. The average molecular weight is 420 g/mol. The quantitative estimate of drug-likeness (QED) is 0.517. The van der Waals surface area contributed by atoms with E-state index in [2.05, 4.69) is 15.6 Å². The molecule has 3 aromatic rings. The van der Waals surface area contributed by atoms with Crippen molar-refractivity contribution in [2.75, 3.05) is 10.6 Å². The minimum Gasteiger partial charge on any atom is -0.339 e. The van der Waals surface area contributed by atoms with Gasteiger partial charge in [-0.1, -0.05) is 29.8 Å². The summed E-state index contributed by atoms with van der Waals surface area (Å²) < 4.78 is 39.5. The smallest absolute Gasteiger partial charge is 0.339 e. The first-order chi connectivity index (χ1) is 13.6. The van der Waals surface area contributed by atoms with E-state index in [9.17, 15) is 18.0 Å². The molecule has 1 heterocycles. The number of carbonyl (C=O) groups excluding carboxylic acids is 1. The molecule has 8 heteroatoms. The van der Waals surface area contributed by atoms with Gasteiger partial charge in [0.25, 0.3) is 5.91 Å². The fourth-order valence-corrected chi connectivity index (χ4v) is 2.85. The van der Waals surface area contributed by atoms with Gasteiger partial charge in [0.1, 0.15) is 11.5 Å². The van der Waals surface area contributed by atoms with Gasteiger partial charge in [-0.25, -0.2) is 4.98 Å². The molecule has 0 unspecified atom stereocenters. The molecule has 150 valence electrons. The van der Waals surface area contributed by atoms with Crippen molar-refractivity contribution >= 4 is 34.7 Å². The molecule has 0 aliphatic heterocycles. The van der Waals surface area contributed by atoms with Crippen molar-refractivity contribution in [3.8, 4) is 0 Å². The molecule has 2 N–H and O–H groups in total. The third-order valence-corrected chi connectivity index (χ3v) is 4.39. The number of benzene rings is 2. The number of aromatic nitrogens is 1. The van der Waals surface area contributed by atoms with Gasteiger partial charge in [0.2, 0.25) is 0 Å². The van der Waals surface area contributed by atoms with Crippen molar-refractivity contribution in [3.05, 3.63) is 82.0 Å². The largest absolute Gasteiger partial charge is 0.433 e. The second-order valence-electron chi connectivity index (χ2n) is 6.50. The van der Waals surface area contributed by atoms with Gasteiger partial charge in [-0.2, -0.15) is 13.2 Å². The fraction of sp³-hybridized carbons (Fsp3) is 0.143. The highest BCUT2D eigenvalue weighted by molar-refractivity contribution is 6.30. The fourth-order valence-electron chi connectivity index (χ4n) is 2.67. The Labute approximate surface area is 170 Å². The molecule has 2 aromatic carbocycles. The summed E-state index contributed by atoms with van der Waals surface area (Å²) in [6, 6.07) is 13.9. The number of carbonyl (C=O) groups is 1. The van der Waals surface area contributed by atoms with E-state index in [4.69, 9.17) is 11.6 Å². The van der Waals surface area contributed by atoms with Crippen LogP contribution in [0.4, 0.5) is 30.4 Å². The van der Waals surface area contributed by atoms with Gasteiger partial charge in [-0.15, -0.1) is 0 Å². The number of hydrogen-bond acceptors (Lipinski definition) is 3. The van der Waals surface area contributed by atoms with Gasteiger partial charge in [0.15, 0.2) is 0 Å². The zero-order valence-electron chi connectivity index (χ0n) is 15.6. The first-order valence-corrected chi connectivity index (χ1v) is 9.01. The lowest BCUT2D eigenvalue weighted by atomic mass is 10.1. The van der Waals surface area contributed by atoms with E-state index < -0.39 is 17.8 Å². The van der Waals surface area contributed by atoms with Gasteiger partial charge in [0.05, 0.1) is 5.56 Å². The van der Waals surface area contributed by atoms with Crippen molar-refractivity contribution < 1.29 is 18.0 Å². The lowest BCUT2D eigenvalue weighted by Crippen LogP contribution is -2.17. The van der Waals surface area contributed by atoms with E-state index in [1.54, 1.807) is 43.3 Å². The molecule has 0 atom stereocenters. The summed E-state index contributed by atoms with van der Waals surface area (Å²) in [4.78, 5) is 16.4. The molecule has 0 spiro atoms. The average Bonchev–Trinajstić information content (AvgIpc) is 2.64. The molecule has 4 nitrogen and oxygen atoms in total. The molecule has 1 aromatic heterocycles. The van der Waals surface area contributed by atoms with Crippen LogP contribution in [0.15, 0.2) is 54.6 Å². The standard InChI is InChI=1S/C21H17ClF3N3O/c1-12-4-3-5-15(10-12)26-20(29)16-8-9-18(21(23,24)25)28-19(16)27-17-11-14(22)7-6-13(17)2/h3-11H,1-2H3,(H,26,29)(H,27,28). The number of hydrogen-bond donors (Lipinski definition) is 2. The molecular formula is C21H17ClF3N3O. The summed E-state index contributed by atoms with van der Waals surface area (Å²) in [6.45, 7) is 3.63. The minimum atomic E-state index is -4.65. The van der Waals surface area contributed by atoms with Crippen LogP contribution in [0.25, 0.3) is 0 Å². The Morgan fingerprint density at radius 1 is 1.03 bits per heavy atom. The highest BCUT2D eigenvalue weighted by Crippen LogP contribution is 2.32. The van der Waals surface area contributed by atoms with Gasteiger partial charge in [-0.3, -0.25) is 4.79 Å². The Hall–Kier alpha value is -3.06. The van der Waals surface area contributed by atoms with Gasteiger partial charge in [0, 0.05) is 16.4 Å². The topological polar surface area (TPSA) is 54.0 Å². The van der Waals surface area contributed by atoms with Crippen molar-refractivity contribution in [3.63, 3.8) is 0 Å². The normalized spacial score (nSPS) is 11.2. The summed E-state index contributed by atoms with van der Waals surface area (Å²) in [5.74, 6) is -0.797. The second kappa shape index (κ2) is 8.13. The first-order valence-electron chi connectivity index (χ1n) is 8.63. The second-order valence-corrected chi connectivity index (χ2v) is 6.93. The number of aryl methyl sites for hydroxylation is 2.